The summed E-state index contributed by atoms with van der Waals surface area (Å²) < 4.78 is 1.89. The smallest absolute Gasteiger partial charge is 0.160 e. The summed E-state index contributed by atoms with van der Waals surface area (Å²) in [6, 6.07) is 18.3. The van der Waals surface area contributed by atoms with Crippen molar-refractivity contribution in [3.8, 4) is 11.3 Å². The summed E-state index contributed by atoms with van der Waals surface area (Å²) in [5.74, 6) is 1.29. The number of hydrogen-bond acceptors (Lipinski definition) is 5. The van der Waals surface area contributed by atoms with Crippen LogP contribution in [-0.4, -0.2) is 19.6 Å². The lowest BCUT2D eigenvalue weighted by Gasteiger charge is -2.14. The Labute approximate surface area is 187 Å². The van der Waals surface area contributed by atoms with Gasteiger partial charge in [-0.05, 0) is 42.0 Å². The van der Waals surface area contributed by atoms with Crippen molar-refractivity contribution in [3.63, 3.8) is 0 Å². The molecule has 0 bridgehead atoms. The fourth-order valence-corrected chi connectivity index (χ4v) is 4.14. The van der Waals surface area contributed by atoms with Gasteiger partial charge in [-0.3, -0.25) is 4.98 Å². The molecule has 3 aromatic heterocycles. The molecule has 0 aliphatic rings. The van der Waals surface area contributed by atoms with Gasteiger partial charge in [-0.25, -0.2) is 4.98 Å². The normalized spacial score (nSPS) is 11.5. The highest BCUT2D eigenvalue weighted by Crippen LogP contribution is 2.31. The number of aromatic nitrogens is 4. The Morgan fingerprint density at radius 1 is 1.06 bits per heavy atom. The van der Waals surface area contributed by atoms with Gasteiger partial charge in [0, 0.05) is 46.7 Å². The maximum atomic E-state index is 5.99. The molecule has 0 aliphatic heterocycles. The van der Waals surface area contributed by atoms with Crippen molar-refractivity contribution in [2.24, 2.45) is 0 Å². The molecule has 0 unspecified atom stereocenters. The van der Waals surface area contributed by atoms with Crippen LogP contribution in [0.1, 0.15) is 36.6 Å². The van der Waals surface area contributed by atoms with E-state index in [9.17, 15) is 0 Å². The van der Waals surface area contributed by atoms with Crippen molar-refractivity contribution in [1.29, 1.82) is 0 Å². The minimum absolute atomic E-state index is 0.363. The van der Waals surface area contributed by atoms with Gasteiger partial charge in [-0.2, -0.15) is 9.61 Å². The maximum absolute atomic E-state index is 5.99. The van der Waals surface area contributed by atoms with Gasteiger partial charge in [0.25, 0.3) is 0 Å². The maximum Gasteiger partial charge on any atom is 0.160 e. The predicted octanol–water partition coefficient (Wildman–Crippen LogP) is 5.57. The molecule has 0 saturated heterocycles. The molecule has 0 atom stereocenters. The van der Waals surface area contributed by atoms with E-state index in [1.54, 1.807) is 0 Å². The molecule has 3 heterocycles. The first kappa shape index (κ1) is 20.0. The monoisotopic (exact) mass is 422 g/mol. The lowest BCUT2D eigenvalue weighted by Crippen LogP contribution is -2.08. The van der Waals surface area contributed by atoms with E-state index in [1.807, 2.05) is 60.2 Å². The quantitative estimate of drug-likeness (QED) is 0.362. The first-order chi connectivity index (χ1) is 15.5. The molecule has 0 amide bonds. The number of nitrogens with zero attached hydrogens (tertiary/aromatic N) is 4. The van der Waals surface area contributed by atoms with Crippen LogP contribution in [0.5, 0.6) is 0 Å². The molecule has 5 rings (SSSR count). The summed E-state index contributed by atoms with van der Waals surface area (Å²) in [6.07, 6.45) is 3.76. The van der Waals surface area contributed by atoms with E-state index in [0.29, 0.717) is 12.5 Å². The number of hydrogen-bond donors (Lipinski definition) is 2. The zero-order valence-electron chi connectivity index (χ0n) is 18.5. The van der Waals surface area contributed by atoms with Crippen LogP contribution in [-0.2, 0) is 6.54 Å². The van der Waals surface area contributed by atoms with E-state index in [2.05, 4.69) is 42.5 Å². The Bertz CT molecular complexity index is 1430. The second kappa shape index (κ2) is 7.96. The average molecular weight is 423 g/mol. The Morgan fingerprint density at radius 2 is 1.91 bits per heavy atom. The van der Waals surface area contributed by atoms with Crippen LogP contribution in [0.4, 0.5) is 11.5 Å². The number of fused-ring (bicyclic) bond motifs is 2. The number of anilines is 2. The van der Waals surface area contributed by atoms with E-state index >= 15 is 0 Å². The number of aryl methyl sites for hydroxylation is 1. The van der Waals surface area contributed by atoms with Crippen molar-refractivity contribution in [2.75, 3.05) is 11.1 Å². The number of nitrogen functional groups attached to an aromatic ring is 1. The highest BCUT2D eigenvalue weighted by atomic mass is 15.3. The van der Waals surface area contributed by atoms with Crippen molar-refractivity contribution in [3.05, 3.63) is 83.8 Å². The predicted molar refractivity (Wildman–Crippen MR) is 131 cm³/mol. The van der Waals surface area contributed by atoms with E-state index in [0.717, 1.165) is 56.0 Å². The Hall–Kier alpha value is -3.93. The Morgan fingerprint density at radius 3 is 2.75 bits per heavy atom. The summed E-state index contributed by atoms with van der Waals surface area (Å²) in [5, 5.41) is 10.3. The first-order valence-corrected chi connectivity index (χ1v) is 10.8. The lowest BCUT2D eigenvalue weighted by atomic mass is 9.99. The summed E-state index contributed by atoms with van der Waals surface area (Å²) in [6.45, 7) is 6.98. The topological polar surface area (TPSA) is 81.1 Å². The molecule has 6 nitrogen and oxygen atoms in total. The van der Waals surface area contributed by atoms with Gasteiger partial charge in [0.15, 0.2) is 5.65 Å². The number of nitrogens with two attached hydrogens (primary N) is 1. The summed E-state index contributed by atoms with van der Waals surface area (Å²) >= 11 is 0. The Balaban J connectivity index is 1.53. The lowest BCUT2D eigenvalue weighted by molar-refractivity contribution is 0.870. The van der Waals surface area contributed by atoms with Crippen LogP contribution < -0.4 is 11.1 Å². The molecular weight excluding hydrogens is 396 g/mol. The molecule has 5 aromatic rings. The third-order valence-electron chi connectivity index (χ3n) is 5.77. The standard InChI is InChI=1S/C26H26N6/c1-16(2)23-15-30-32-24(12-17(3)31-26(23)32)29-14-19-6-4-5-7-21(19)25-22-9-8-20(27)13-18(22)10-11-28-25/h4-13,15-16,29H,14,27H2,1-3H3. The van der Waals surface area contributed by atoms with Crippen molar-refractivity contribution < 1.29 is 0 Å². The van der Waals surface area contributed by atoms with Gasteiger partial charge < -0.3 is 11.1 Å². The van der Waals surface area contributed by atoms with Crippen LogP contribution in [0.3, 0.4) is 0 Å². The van der Waals surface area contributed by atoms with Crippen LogP contribution >= 0.6 is 0 Å². The summed E-state index contributed by atoms with van der Waals surface area (Å²) in [4.78, 5) is 9.43. The van der Waals surface area contributed by atoms with E-state index < -0.39 is 0 Å². The second-order valence-electron chi connectivity index (χ2n) is 8.42. The third kappa shape index (κ3) is 3.54. The molecule has 0 fully saturated rings. The largest absolute Gasteiger partial charge is 0.399 e. The number of rotatable bonds is 5. The fourth-order valence-electron chi connectivity index (χ4n) is 4.14. The van der Waals surface area contributed by atoms with Gasteiger partial charge in [0.1, 0.15) is 5.82 Å². The van der Waals surface area contributed by atoms with E-state index in [1.165, 1.54) is 0 Å². The molecule has 2 aromatic carbocycles. The second-order valence-corrected chi connectivity index (χ2v) is 8.42. The third-order valence-corrected chi connectivity index (χ3v) is 5.77. The molecular formula is C26H26N6. The van der Waals surface area contributed by atoms with E-state index in [-0.39, 0.29) is 0 Å². The van der Waals surface area contributed by atoms with Gasteiger partial charge >= 0.3 is 0 Å². The minimum atomic E-state index is 0.363. The van der Waals surface area contributed by atoms with Crippen LogP contribution in [0.15, 0.2) is 67.0 Å². The number of benzene rings is 2. The highest BCUT2D eigenvalue weighted by Gasteiger charge is 2.14. The SMILES string of the molecule is Cc1cc(NCc2ccccc2-c2nccc3cc(N)ccc23)n2ncc(C(C)C)c2n1. The van der Waals surface area contributed by atoms with Gasteiger partial charge in [-0.15, -0.1) is 0 Å². The molecule has 0 aliphatic carbocycles. The van der Waals surface area contributed by atoms with E-state index in [4.69, 9.17) is 15.7 Å². The van der Waals surface area contributed by atoms with Crippen LogP contribution in [0.2, 0.25) is 0 Å². The van der Waals surface area contributed by atoms with Crippen molar-refractivity contribution in [2.45, 2.75) is 33.2 Å². The zero-order chi connectivity index (χ0) is 22.2. The summed E-state index contributed by atoms with van der Waals surface area (Å²) in [7, 11) is 0. The molecule has 160 valence electrons. The van der Waals surface area contributed by atoms with Gasteiger partial charge in [-0.1, -0.05) is 44.2 Å². The first-order valence-electron chi connectivity index (χ1n) is 10.8. The molecule has 3 N–H and O–H groups in total. The molecule has 32 heavy (non-hydrogen) atoms. The minimum Gasteiger partial charge on any atom is -0.399 e. The van der Waals surface area contributed by atoms with Crippen LogP contribution in [0, 0.1) is 6.92 Å². The van der Waals surface area contributed by atoms with Gasteiger partial charge in [0.2, 0.25) is 0 Å². The molecule has 0 radical (unpaired) electrons. The summed E-state index contributed by atoms with van der Waals surface area (Å²) in [5.41, 5.74) is 13.0. The number of pyridine rings is 1. The Kier molecular flexibility index (Phi) is 4.98. The zero-order valence-corrected chi connectivity index (χ0v) is 18.5. The van der Waals surface area contributed by atoms with Crippen LogP contribution in [0.25, 0.3) is 27.7 Å². The number of nitrogens with one attached hydrogen (secondary N) is 1. The van der Waals surface area contributed by atoms with Crippen molar-refractivity contribution >= 4 is 27.9 Å². The fraction of sp³-hybridized carbons (Fsp3) is 0.192. The average Bonchev–Trinajstić information content (AvgIpc) is 3.21. The molecule has 0 spiro atoms. The highest BCUT2D eigenvalue weighted by molar-refractivity contribution is 5.96. The van der Waals surface area contributed by atoms with Crippen molar-refractivity contribution in [1.82, 2.24) is 19.6 Å². The molecule has 0 saturated carbocycles. The molecule has 6 heteroatoms. The van der Waals surface area contributed by atoms with Gasteiger partial charge in [0.05, 0.1) is 11.9 Å².